The molecule has 0 bridgehead atoms. The molecular weight excluding hydrogens is 266 g/mol. The molecule has 0 amide bonds. The van der Waals surface area contributed by atoms with E-state index >= 15 is 0 Å². The predicted molar refractivity (Wildman–Crippen MR) is 75.1 cm³/mol. The highest BCUT2D eigenvalue weighted by molar-refractivity contribution is 6.33. The summed E-state index contributed by atoms with van der Waals surface area (Å²) in [4.78, 5) is 14.8. The first-order chi connectivity index (χ1) is 8.99. The van der Waals surface area contributed by atoms with Gasteiger partial charge in [-0.3, -0.25) is 0 Å². The number of carbonyl (C=O) groups is 1. The Morgan fingerprint density at radius 3 is 2.74 bits per heavy atom. The Balaban J connectivity index is 2.43. The van der Waals surface area contributed by atoms with E-state index in [-0.39, 0.29) is 11.5 Å². The maximum atomic E-state index is 10.9. The molecule has 0 aliphatic rings. The molecule has 0 aliphatic carbocycles. The average molecular weight is 278 g/mol. The fraction of sp³-hybridized carbons (Fsp3) is 0.0769. The van der Waals surface area contributed by atoms with Crippen molar-refractivity contribution in [3.05, 3.63) is 46.6 Å². The van der Waals surface area contributed by atoms with Gasteiger partial charge in [0.05, 0.1) is 16.4 Å². The zero-order chi connectivity index (χ0) is 14.0. The standard InChI is InChI=1S/C13H12ClN3O2/c1-7-3-2-4-8(14)11(7)17-12-9(15)5-6-10(16-12)13(18)19/h2-6H,15H2,1H3,(H,16,17)(H,18,19). The fourth-order valence-electron chi connectivity index (χ4n) is 1.60. The monoisotopic (exact) mass is 277 g/mol. The lowest BCUT2D eigenvalue weighted by atomic mass is 10.2. The number of carboxylic acids is 1. The van der Waals surface area contributed by atoms with Crippen LogP contribution in [0.25, 0.3) is 0 Å². The molecule has 0 fully saturated rings. The molecule has 0 unspecified atom stereocenters. The van der Waals surface area contributed by atoms with Crippen molar-refractivity contribution in [3.63, 3.8) is 0 Å². The lowest BCUT2D eigenvalue weighted by molar-refractivity contribution is 0.0690. The number of hydrogen-bond donors (Lipinski definition) is 3. The molecule has 2 aromatic rings. The summed E-state index contributed by atoms with van der Waals surface area (Å²) in [5, 5.41) is 12.4. The molecule has 19 heavy (non-hydrogen) atoms. The van der Waals surface area contributed by atoms with Crippen LogP contribution in [0, 0.1) is 6.92 Å². The predicted octanol–water partition coefficient (Wildman–Crippen LogP) is 3.07. The number of aryl methyl sites for hydroxylation is 1. The summed E-state index contributed by atoms with van der Waals surface area (Å²) in [5.74, 6) is -0.838. The number of rotatable bonds is 3. The molecule has 6 heteroatoms. The first-order valence-electron chi connectivity index (χ1n) is 5.51. The summed E-state index contributed by atoms with van der Waals surface area (Å²) in [6.45, 7) is 1.88. The molecule has 0 spiro atoms. The van der Waals surface area contributed by atoms with Crippen LogP contribution in [0.2, 0.25) is 5.02 Å². The minimum atomic E-state index is -1.11. The minimum absolute atomic E-state index is 0.0820. The number of carboxylic acid groups (broad SMARTS) is 1. The van der Waals surface area contributed by atoms with Crippen LogP contribution in [0.4, 0.5) is 17.2 Å². The van der Waals surface area contributed by atoms with Crippen molar-refractivity contribution >= 4 is 34.8 Å². The van der Waals surface area contributed by atoms with E-state index in [9.17, 15) is 4.79 Å². The third-order valence-electron chi connectivity index (χ3n) is 2.61. The molecule has 0 radical (unpaired) electrons. The Labute approximate surface area is 115 Å². The highest BCUT2D eigenvalue weighted by Gasteiger charge is 2.11. The second-order valence-corrected chi connectivity index (χ2v) is 4.40. The van der Waals surface area contributed by atoms with Crippen molar-refractivity contribution in [2.75, 3.05) is 11.1 Å². The molecule has 4 N–H and O–H groups in total. The maximum Gasteiger partial charge on any atom is 0.354 e. The van der Waals surface area contributed by atoms with E-state index in [0.29, 0.717) is 16.4 Å². The van der Waals surface area contributed by atoms with Crippen LogP contribution in [0.1, 0.15) is 16.1 Å². The Bertz CT molecular complexity index is 624. The van der Waals surface area contributed by atoms with E-state index in [1.807, 2.05) is 19.1 Å². The summed E-state index contributed by atoms with van der Waals surface area (Å²) >= 11 is 6.09. The number of benzene rings is 1. The van der Waals surface area contributed by atoms with Crippen LogP contribution in [0.5, 0.6) is 0 Å². The third kappa shape index (κ3) is 2.77. The van der Waals surface area contributed by atoms with Crippen molar-refractivity contribution in [1.29, 1.82) is 0 Å². The van der Waals surface area contributed by atoms with E-state index in [1.165, 1.54) is 12.1 Å². The lowest BCUT2D eigenvalue weighted by Gasteiger charge is -2.12. The molecule has 98 valence electrons. The van der Waals surface area contributed by atoms with Crippen LogP contribution in [0.3, 0.4) is 0 Å². The fourth-order valence-corrected chi connectivity index (χ4v) is 1.87. The molecule has 0 atom stereocenters. The molecular formula is C13H12ClN3O2. The van der Waals surface area contributed by atoms with Gasteiger partial charge in [0.2, 0.25) is 0 Å². The maximum absolute atomic E-state index is 10.9. The van der Waals surface area contributed by atoms with Crippen LogP contribution in [0.15, 0.2) is 30.3 Å². The topological polar surface area (TPSA) is 88.2 Å². The van der Waals surface area contributed by atoms with Gasteiger partial charge in [-0.15, -0.1) is 0 Å². The zero-order valence-electron chi connectivity index (χ0n) is 10.1. The van der Waals surface area contributed by atoms with E-state index in [1.54, 1.807) is 6.07 Å². The summed E-state index contributed by atoms with van der Waals surface area (Å²) in [6.07, 6.45) is 0. The molecule has 1 heterocycles. The number of nitrogens with one attached hydrogen (secondary N) is 1. The van der Waals surface area contributed by atoms with Gasteiger partial charge in [-0.2, -0.15) is 0 Å². The number of hydrogen-bond acceptors (Lipinski definition) is 4. The second-order valence-electron chi connectivity index (χ2n) is 4.00. The van der Waals surface area contributed by atoms with Gasteiger partial charge < -0.3 is 16.2 Å². The molecule has 0 aliphatic heterocycles. The van der Waals surface area contributed by atoms with Gasteiger partial charge in [-0.1, -0.05) is 23.7 Å². The largest absolute Gasteiger partial charge is 0.477 e. The van der Waals surface area contributed by atoms with Crippen molar-refractivity contribution < 1.29 is 9.90 Å². The van der Waals surface area contributed by atoms with Crippen LogP contribution < -0.4 is 11.1 Å². The number of anilines is 3. The second kappa shape index (κ2) is 5.16. The Kier molecular flexibility index (Phi) is 3.57. The van der Waals surface area contributed by atoms with Gasteiger partial charge >= 0.3 is 5.97 Å². The first-order valence-corrected chi connectivity index (χ1v) is 5.89. The smallest absolute Gasteiger partial charge is 0.354 e. The first kappa shape index (κ1) is 13.2. The number of nitrogen functional groups attached to an aromatic ring is 1. The van der Waals surface area contributed by atoms with Gasteiger partial charge in [-0.05, 0) is 30.7 Å². The Morgan fingerprint density at radius 1 is 1.37 bits per heavy atom. The lowest BCUT2D eigenvalue weighted by Crippen LogP contribution is -2.06. The molecule has 0 saturated heterocycles. The van der Waals surface area contributed by atoms with Gasteiger partial charge in [0.1, 0.15) is 0 Å². The average Bonchev–Trinajstić information content (AvgIpc) is 2.35. The summed E-state index contributed by atoms with van der Waals surface area (Å²) in [7, 11) is 0. The van der Waals surface area contributed by atoms with E-state index < -0.39 is 5.97 Å². The number of halogens is 1. The van der Waals surface area contributed by atoms with E-state index in [4.69, 9.17) is 22.4 Å². The van der Waals surface area contributed by atoms with Gasteiger partial charge in [0, 0.05) is 0 Å². The number of nitrogens with two attached hydrogens (primary N) is 1. The number of para-hydroxylation sites is 1. The summed E-state index contributed by atoms with van der Waals surface area (Å²) in [5.41, 5.74) is 7.62. The van der Waals surface area contributed by atoms with Gasteiger partial charge in [0.15, 0.2) is 11.5 Å². The highest BCUT2D eigenvalue weighted by Crippen LogP contribution is 2.30. The summed E-state index contributed by atoms with van der Waals surface area (Å²) < 4.78 is 0. The SMILES string of the molecule is Cc1cccc(Cl)c1Nc1nc(C(=O)O)ccc1N. The number of aromatic nitrogens is 1. The quantitative estimate of drug-likeness (QED) is 0.802. The van der Waals surface area contributed by atoms with E-state index in [0.717, 1.165) is 5.56 Å². The van der Waals surface area contributed by atoms with Crippen molar-refractivity contribution in [3.8, 4) is 0 Å². The van der Waals surface area contributed by atoms with Crippen LogP contribution in [-0.4, -0.2) is 16.1 Å². The molecule has 2 rings (SSSR count). The van der Waals surface area contributed by atoms with Crippen molar-refractivity contribution in [2.24, 2.45) is 0 Å². The van der Waals surface area contributed by atoms with Gasteiger partial charge in [0.25, 0.3) is 0 Å². The van der Waals surface area contributed by atoms with E-state index in [2.05, 4.69) is 10.3 Å². The van der Waals surface area contributed by atoms with Gasteiger partial charge in [-0.25, -0.2) is 9.78 Å². The van der Waals surface area contributed by atoms with Crippen LogP contribution in [-0.2, 0) is 0 Å². The summed E-state index contributed by atoms with van der Waals surface area (Å²) in [6, 6.07) is 8.28. The molecule has 1 aromatic heterocycles. The number of aromatic carboxylic acids is 1. The Morgan fingerprint density at radius 2 is 2.11 bits per heavy atom. The third-order valence-corrected chi connectivity index (χ3v) is 2.93. The Hall–Kier alpha value is -2.27. The van der Waals surface area contributed by atoms with Crippen molar-refractivity contribution in [2.45, 2.75) is 6.92 Å². The molecule has 5 nitrogen and oxygen atoms in total. The number of pyridine rings is 1. The molecule has 0 saturated carbocycles. The number of nitrogens with zero attached hydrogens (tertiary/aromatic N) is 1. The zero-order valence-corrected chi connectivity index (χ0v) is 10.9. The normalized spacial score (nSPS) is 10.2. The minimum Gasteiger partial charge on any atom is -0.477 e. The van der Waals surface area contributed by atoms with Crippen molar-refractivity contribution in [1.82, 2.24) is 4.98 Å². The highest BCUT2D eigenvalue weighted by atomic mass is 35.5. The molecule has 1 aromatic carbocycles. The van der Waals surface area contributed by atoms with Crippen LogP contribution >= 0.6 is 11.6 Å².